The molecule has 0 bridgehead atoms. The number of carbonyl (C=O) groups excluding carboxylic acids is 1. The molecule has 30 heavy (non-hydrogen) atoms. The number of carbonyl (C=O) groups is 1. The molecule has 1 unspecified atom stereocenters. The summed E-state index contributed by atoms with van der Waals surface area (Å²) in [5.41, 5.74) is -0.105. The maximum absolute atomic E-state index is 12.9. The largest absolute Gasteiger partial charge is 0.483 e. The average Bonchev–Trinajstić information content (AvgIpc) is 2.72. The maximum Gasteiger partial charge on any atom is 0.419 e. The molecule has 1 heterocycles. The first-order valence-corrected chi connectivity index (χ1v) is 9.41. The SMILES string of the molecule is CC(C)CO.CNc1cc(C(C)NC(=O)COc2ccccc2C(F)(F)F)ccn1. The molecule has 0 saturated carbocycles. The van der Waals surface area contributed by atoms with E-state index < -0.39 is 24.3 Å². The van der Waals surface area contributed by atoms with Crippen molar-refractivity contribution in [3.05, 3.63) is 53.7 Å². The zero-order chi connectivity index (χ0) is 22.7. The van der Waals surface area contributed by atoms with Crippen LogP contribution in [0.3, 0.4) is 0 Å². The average molecular weight is 427 g/mol. The van der Waals surface area contributed by atoms with Gasteiger partial charge < -0.3 is 20.5 Å². The quantitative estimate of drug-likeness (QED) is 0.621. The molecule has 1 atom stereocenters. The Kier molecular flexibility index (Phi) is 10.1. The summed E-state index contributed by atoms with van der Waals surface area (Å²) in [5, 5.41) is 13.7. The number of aromatic nitrogens is 1. The number of amides is 1. The number of pyridine rings is 1. The fourth-order valence-corrected chi connectivity index (χ4v) is 2.19. The third-order valence-corrected chi connectivity index (χ3v) is 3.83. The lowest BCUT2D eigenvalue weighted by atomic mass is 10.1. The summed E-state index contributed by atoms with van der Waals surface area (Å²) in [7, 11) is 1.72. The molecule has 166 valence electrons. The predicted octanol–water partition coefficient (Wildman–Crippen LogP) is 4.03. The molecule has 0 radical (unpaired) electrons. The summed E-state index contributed by atoms with van der Waals surface area (Å²) in [6, 6.07) is 7.94. The number of alkyl halides is 3. The van der Waals surface area contributed by atoms with Crippen molar-refractivity contribution in [2.24, 2.45) is 5.92 Å². The Bertz CT molecular complexity index is 798. The highest BCUT2D eigenvalue weighted by Gasteiger charge is 2.34. The predicted molar refractivity (Wildman–Crippen MR) is 109 cm³/mol. The van der Waals surface area contributed by atoms with Gasteiger partial charge in [-0.3, -0.25) is 4.79 Å². The van der Waals surface area contributed by atoms with E-state index in [9.17, 15) is 18.0 Å². The molecule has 2 rings (SSSR count). The number of nitrogens with zero attached hydrogens (tertiary/aromatic N) is 1. The molecule has 2 aromatic rings. The minimum atomic E-state index is -4.54. The molecule has 0 saturated heterocycles. The summed E-state index contributed by atoms with van der Waals surface area (Å²) < 4.78 is 43.7. The minimum Gasteiger partial charge on any atom is -0.483 e. The van der Waals surface area contributed by atoms with Gasteiger partial charge in [0.15, 0.2) is 6.61 Å². The van der Waals surface area contributed by atoms with Crippen molar-refractivity contribution in [1.29, 1.82) is 0 Å². The number of para-hydroxylation sites is 1. The van der Waals surface area contributed by atoms with Crippen molar-refractivity contribution < 1.29 is 27.8 Å². The van der Waals surface area contributed by atoms with Gasteiger partial charge in [-0.25, -0.2) is 4.98 Å². The monoisotopic (exact) mass is 427 g/mol. The molecule has 1 aromatic carbocycles. The van der Waals surface area contributed by atoms with E-state index in [-0.39, 0.29) is 11.8 Å². The first kappa shape index (κ1) is 25.2. The van der Waals surface area contributed by atoms with E-state index in [1.807, 2.05) is 13.8 Å². The van der Waals surface area contributed by atoms with E-state index in [0.29, 0.717) is 18.3 Å². The van der Waals surface area contributed by atoms with E-state index in [4.69, 9.17) is 9.84 Å². The van der Waals surface area contributed by atoms with Crippen molar-refractivity contribution in [1.82, 2.24) is 10.3 Å². The Labute approximate surface area is 174 Å². The first-order valence-electron chi connectivity index (χ1n) is 9.41. The Hall–Kier alpha value is -2.81. The topological polar surface area (TPSA) is 83.5 Å². The Morgan fingerprint density at radius 1 is 1.20 bits per heavy atom. The standard InChI is InChI=1S/C17H18F3N3O2.C4H10O/c1-11(12-7-8-22-15(9-12)21-2)23-16(24)10-25-14-6-4-3-5-13(14)17(18,19)20;1-4(2)3-5/h3-9,11H,10H2,1-2H3,(H,21,22)(H,23,24);4-5H,3H2,1-2H3. The molecule has 0 aliphatic heterocycles. The van der Waals surface area contributed by atoms with Crippen molar-refractivity contribution in [2.75, 3.05) is 25.6 Å². The highest BCUT2D eigenvalue weighted by atomic mass is 19.4. The zero-order valence-corrected chi connectivity index (χ0v) is 17.5. The van der Waals surface area contributed by atoms with Crippen LogP contribution >= 0.6 is 0 Å². The van der Waals surface area contributed by atoms with Crippen molar-refractivity contribution in [2.45, 2.75) is 33.0 Å². The van der Waals surface area contributed by atoms with Gasteiger partial charge in [-0.05, 0) is 42.7 Å². The van der Waals surface area contributed by atoms with Crippen LogP contribution in [0.5, 0.6) is 5.75 Å². The van der Waals surface area contributed by atoms with Gasteiger partial charge in [-0.2, -0.15) is 13.2 Å². The first-order chi connectivity index (χ1) is 14.1. The maximum atomic E-state index is 12.9. The molecule has 0 aliphatic carbocycles. The summed E-state index contributed by atoms with van der Waals surface area (Å²) >= 11 is 0. The number of benzene rings is 1. The third kappa shape index (κ3) is 8.69. The molecule has 1 aromatic heterocycles. The van der Waals surface area contributed by atoms with E-state index in [1.165, 1.54) is 18.2 Å². The molecular weight excluding hydrogens is 399 g/mol. The molecule has 0 aliphatic rings. The molecular formula is C21H28F3N3O3. The molecule has 0 spiro atoms. The van der Waals surface area contributed by atoms with Crippen LogP contribution in [0.15, 0.2) is 42.6 Å². The van der Waals surface area contributed by atoms with Crippen molar-refractivity contribution in [3.8, 4) is 5.75 Å². The van der Waals surface area contributed by atoms with Crippen LogP contribution in [-0.2, 0) is 11.0 Å². The third-order valence-electron chi connectivity index (χ3n) is 3.83. The Balaban J connectivity index is 0.000000804. The Morgan fingerprint density at radius 3 is 2.40 bits per heavy atom. The van der Waals surface area contributed by atoms with Gasteiger partial charge in [0.2, 0.25) is 0 Å². The number of aliphatic hydroxyl groups excluding tert-OH is 1. The number of hydrogen-bond acceptors (Lipinski definition) is 5. The number of ether oxygens (including phenoxy) is 1. The van der Waals surface area contributed by atoms with Crippen LogP contribution in [0.1, 0.15) is 37.9 Å². The molecule has 0 fully saturated rings. The fourth-order valence-electron chi connectivity index (χ4n) is 2.19. The van der Waals surface area contributed by atoms with Gasteiger partial charge in [-0.15, -0.1) is 0 Å². The normalized spacial score (nSPS) is 11.9. The molecule has 3 N–H and O–H groups in total. The van der Waals surface area contributed by atoms with E-state index in [2.05, 4.69) is 15.6 Å². The van der Waals surface area contributed by atoms with Gasteiger partial charge in [0.05, 0.1) is 11.6 Å². The van der Waals surface area contributed by atoms with Crippen LogP contribution < -0.4 is 15.4 Å². The van der Waals surface area contributed by atoms with Crippen LogP contribution in [0.25, 0.3) is 0 Å². The number of anilines is 1. The van der Waals surface area contributed by atoms with Gasteiger partial charge >= 0.3 is 6.18 Å². The molecule has 6 nitrogen and oxygen atoms in total. The van der Waals surface area contributed by atoms with Crippen LogP contribution in [0.2, 0.25) is 0 Å². The number of nitrogens with one attached hydrogen (secondary N) is 2. The second-order valence-electron chi connectivity index (χ2n) is 6.87. The molecule has 9 heteroatoms. The smallest absolute Gasteiger partial charge is 0.419 e. The fraction of sp³-hybridized carbons (Fsp3) is 0.429. The minimum absolute atomic E-state index is 0.306. The van der Waals surface area contributed by atoms with E-state index in [0.717, 1.165) is 11.6 Å². The number of hydrogen-bond donors (Lipinski definition) is 3. The number of aliphatic hydroxyl groups is 1. The number of rotatable bonds is 7. The summed E-state index contributed by atoms with van der Waals surface area (Å²) in [6.45, 7) is 5.50. The Morgan fingerprint density at radius 2 is 1.83 bits per heavy atom. The lowest BCUT2D eigenvalue weighted by Crippen LogP contribution is -2.31. The second-order valence-corrected chi connectivity index (χ2v) is 6.87. The van der Waals surface area contributed by atoms with Gasteiger partial charge in [-0.1, -0.05) is 26.0 Å². The van der Waals surface area contributed by atoms with Crippen molar-refractivity contribution >= 4 is 11.7 Å². The van der Waals surface area contributed by atoms with Gasteiger partial charge in [0, 0.05) is 19.9 Å². The van der Waals surface area contributed by atoms with Crippen LogP contribution in [0.4, 0.5) is 19.0 Å². The second kappa shape index (κ2) is 12.0. The highest BCUT2D eigenvalue weighted by Crippen LogP contribution is 2.35. The van der Waals surface area contributed by atoms with Crippen LogP contribution in [0, 0.1) is 5.92 Å². The lowest BCUT2D eigenvalue weighted by molar-refractivity contribution is -0.139. The number of halogens is 3. The lowest BCUT2D eigenvalue weighted by Gasteiger charge is -2.17. The zero-order valence-electron chi connectivity index (χ0n) is 17.5. The van der Waals surface area contributed by atoms with Crippen LogP contribution in [-0.4, -0.2) is 36.3 Å². The van der Waals surface area contributed by atoms with Crippen molar-refractivity contribution in [3.63, 3.8) is 0 Å². The summed E-state index contributed by atoms with van der Waals surface area (Å²) in [5.74, 6) is 0.190. The van der Waals surface area contributed by atoms with E-state index >= 15 is 0 Å². The summed E-state index contributed by atoms with van der Waals surface area (Å²) in [4.78, 5) is 16.0. The van der Waals surface area contributed by atoms with Gasteiger partial charge in [0.25, 0.3) is 5.91 Å². The summed E-state index contributed by atoms with van der Waals surface area (Å²) in [6.07, 6.45) is -2.94. The van der Waals surface area contributed by atoms with Gasteiger partial charge in [0.1, 0.15) is 11.6 Å². The van der Waals surface area contributed by atoms with E-state index in [1.54, 1.807) is 32.3 Å². The highest BCUT2D eigenvalue weighted by molar-refractivity contribution is 5.78. The molecule has 1 amide bonds.